The van der Waals surface area contributed by atoms with Gasteiger partial charge < -0.3 is 11.5 Å². The van der Waals surface area contributed by atoms with Crippen molar-refractivity contribution in [2.45, 2.75) is 10.9 Å². The first-order valence-corrected chi connectivity index (χ1v) is 8.11. The largest absolute Gasteiger partial charge is 0.321 e. The molecule has 0 aliphatic heterocycles. The van der Waals surface area contributed by atoms with Crippen molar-refractivity contribution in [3.8, 4) is 0 Å². The molecule has 0 fully saturated rings. The zero-order chi connectivity index (χ0) is 14.8. The Morgan fingerprint density at radius 1 is 0.950 bits per heavy atom. The van der Waals surface area contributed by atoms with Gasteiger partial charge in [0.15, 0.2) is 14.7 Å². The van der Waals surface area contributed by atoms with E-state index in [-0.39, 0.29) is 0 Å². The first-order valence-electron chi connectivity index (χ1n) is 6.22. The van der Waals surface area contributed by atoms with Gasteiger partial charge in [-0.1, -0.05) is 60.7 Å². The molecule has 0 amide bonds. The van der Waals surface area contributed by atoms with E-state index in [0.717, 1.165) is 6.26 Å². The minimum atomic E-state index is -3.61. The fraction of sp³-hybridized carbons (Fsp3) is 0.200. The van der Waals surface area contributed by atoms with Gasteiger partial charge in [-0.05, 0) is 11.1 Å². The standard InChI is InChI=1S/C15H18N2O2S/c1-20(18,19)15(17,13-10-6-3-7-11-13)14(16)12-8-4-2-5-9-12/h2-11,14H,16-17H2,1H3. The van der Waals surface area contributed by atoms with Crippen LogP contribution in [-0.4, -0.2) is 14.7 Å². The fourth-order valence-electron chi connectivity index (χ4n) is 2.23. The van der Waals surface area contributed by atoms with E-state index in [1.165, 1.54) is 0 Å². The molecule has 2 unspecified atom stereocenters. The Bertz CT molecular complexity index is 672. The molecule has 0 heterocycles. The van der Waals surface area contributed by atoms with Gasteiger partial charge in [-0.25, -0.2) is 8.42 Å². The maximum atomic E-state index is 12.3. The fourth-order valence-corrected chi connectivity index (χ4v) is 3.39. The summed E-state index contributed by atoms with van der Waals surface area (Å²) in [4.78, 5) is -1.66. The molecule has 0 aromatic heterocycles. The third-order valence-electron chi connectivity index (χ3n) is 3.46. The average Bonchev–Trinajstić information content (AvgIpc) is 2.46. The van der Waals surface area contributed by atoms with Gasteiger partial charge in [-0.15, -0.1) is 0 Å². The second-order valence-electron chi connectivity index (χ2n) is 4.82. The van der Waals surface area contributed by atoms with Crippen LogP contribution in [0.25, 0.3) is 0 Å². The number of nitrogens with two attached hydrogens (primary N) is 2. The first kappa shape index (κ1) is 14.7. The van der Waals surface area contributed by atoms with E-state index in [1.807, 2.05) is 18.2 Å². The molecule has 2 rings (SSSR count). The number of benzene rings is 2. The van der Waals surface area contributed by atoms with Crippen LogP contribution >= 0.6 is 0 Å². The summed E-state index contributed by atoms with van der Waals surface area (Å²) < 4.78 is 24.5. The van der Waals surface area contributed by atoms with Crippen LogP contribution in [0.5, 0.6) is 0 Å². The van der Waals surface area contributed by atoms with E-state index in [9.17, 15) is 8.42 Å². The predicted octanol–water partition coefficient (Wildman–Crippen LogP) is 1.54. The molecule has 106 valence electrons. The molecule has 2 aromatic carbocycles. The summed E-state index contributed by atoms with van der Waals surface area (Å²) in [7, 11) is -3.61. The zero-order valence-electron chi connectivity index (χ0n) is 11.2. The van der Waals surface area contributed by atoms with Gasteiger partial charge in [-0.3, -0.25) is 0 Å². The number of rotatable bonds is 4. The predicted molar refractivity (Wildman–Crippen MR) is 80.5 cm³/mol. The summed E-state index contributed by atoms with van der Waals surface area (Å²) >= 11 is 0. The van der Waals surface area contributed by atoms with E-state index in [0.29, 0.717) is 11.1 Å². The van der Waals surface area contributed by atoms with Gasteiger partial charge in [0.05, 0.1) is 6.04 Å². The Hall–Kier alpha value is -1.69. The molecule has 2 aromatic rings. The lowest BCUT2D eigenvalue weighted by molar-refractivity contribution is 0.465. The molecule has 4 N–H and O–H groups in total. The van der Waals surface area contributed by atoms with Crippen LogP contribution in [-0.2, 0) is 14.7 Å². The second kappa shape index (κ2) is 5.36. The van der Waals surface area contributed by atoms with Gasteiger partial charge in [-0.2, -0.15) is 0 Å². The van der Waals surface area contributed by atoms with Crippen LogP contribution in [0.4, 0.5) is 0 Å². The molecule has 0 radical (unpaired) electrons. The van der Waals surface area contributed by atoms with Crippen LogP contribution in [0.2, 0.25) is 0 Å². The third-order valence-corrected chi connectivity index (χ3v) is 5.18. The van der Waals surface area contributed by atoms with Crippen LogP contribution < -0.4 is 11.5 Å². The Kier molecular flexibility index (Phi) is 3.94. The molecular formula is C15H18N2O2S. The van der Waals surface area contributed by atoms with E-state index < -0.39 is 20.8 Å². The van der Waals surface area contributed by atoms with Gasteiger partial charge in [0.25, 0.3) is 0 Å². The number of hydrogen-bond acceptors (Lipinski definition) is 4. The van der Waals surface area contributed by atoms with E-state index in [1.54, 1.807) is 42.5 Å². The molecule has 5 heteroatoms. The molecular weight excluding hydrogens is 272 g/mol. The van der Waals surface area contributed by atoms with Gasteiger partial charge in [0.2, 0.25) is 0 Å². The van der Waals surface area contributed by atoms with Crippen molar-refractivity contribution in [2.75, 3.05) is 6.26 Å². The topological polar surface area (TPSA) is 86.2 Å². The number of sulfone groups is 1. The molecule has 0 aliphatic carbocycles. The highest BCUT2D eigenvalue weighted by Gasteiger charge is 2.44. The van der Waals surface area contributed by atoms with E-state index >= 15 is 0 Å². The van der Waals surface area contributed by atoms with E-state index in [2.05, 4.69) is 0 Å². The molecule has 2 atom stereocenters. The molecule has 0 bridgehead atoms. The van der Waals surface area contributed by atoms with Crippen molar-refractivity contribution < 1.29 is 8.42 Å². The summed E-state index contributed by atoms with van der Waals surface area (Å²) in [5.74, 6) is 0. The van der Waals surface area contributed by atoms with Crippen molar-refractivity contribution >= 4 is 9.84 Å². The summed E-state index contributed by atoms with van der Waals surface area (Å²) in [6.45, 7) is 0. The monoisotopic (exact) mass is 290 g/mol. The Morgan fingerprint density at radius 3 is 1.85 bits per heavy atom. The Morgan fingerprint density at radius 2 is 1.40 bits per heavy atom. The normalized spacial score (nSPS) is 16.4. The quantitative estimate of drug-likeness (QED) is 0.894. The molecule has 0 saturated carbocycles. The lowest BCUT2D eigenvalue weighted by Gasteiger charge is -2.34. The lowest BCUT2D eigenvalue weighted by atomic mass is 9.94. The van der Waals surface area contributed by atoms with Crippen LogP contribution in [0.3, 0.4) is 0 Å². The molecule has 0 saturated heterocycles. The summed E-state index contributed by atoms with van der Waals surface area (Å²) in [5.41, 5.74) is 13.6. The maximum Gasteiger partial charge on any atom is 0.172 e. The minimum Gasteiger partial charge on any atom is -0.321 e. The SMILES string of the molecule is CS(=O)(=O)C(N)(c1ccccc1)C(N)c1ccccc1. The Labute approximate surface area is 119 Å². The van der Waals surface area contributed by atoms with Crippen molar-refractivity contribution in [3.63, 3.8) is 0 Å². The highest BCUT2D eigenvalue weighted by atomic mass is 32.2. The van der Waals surface area contributed by atoms with Crippen molar-refractivity contribution in [1.29, 1.82) is 0 Å². The van der Waals surface area contributed by atoms with Gasteiger partial charge in [0, 0.05) is 6.26 Å². The van der Waals surface area contributed by atoms with Gasteiger partial charge >= 0.3 is 0 Å². The minimum absolute atomic E-state index is 0.485. The first-order chi connectivity index (χ1) is 9.37. The smallest absolute Gasteiger partial charge is 0.172 e. The van der Waals surface area contributed by atoms with Crippen molar-refractivity contribution in [3.05, 3.63) is 71.8 Å². The van der Waals surface area contributed by atoms with Crippen LogP contribution in [0.15, 0.2) is 60.7 Å². The number of hydrogen-bond donors (Lipinski definition) is 2. The molecule has 4 nitrogen and oxygen atoms in total. The van der Waals surface area contributed by atoms with Crippen LogP contribution in [0, 0.1) is 0 Å². The second-order valence-corrected chi connectivity index (χ2v) is 7.04. The zero-order valence-corrected chi connectivity index (χ0v) is 12.0. The molecule has 0 spiro atoms. The van der Waals surface area contributed by atoms with E-state index in [4.69, 9.17) is 11.5 Å². The highest BCUT2D eigenvalue weighted by Crippen LogP contribution is 2.35. The summed E-state index contributed by atoms with van der Waals surface area (Å²) in [5, 5.41) is 0. The maximum absolute atomic E-state index is 12.3. The average molecular weight is 290 g/mol. The third kappa shape index (κ3) is 2.47. The molecule has 0 aliphatic rings. The van der Waals surface area contributed by atoms with Gasteiger partial charge in [0.1, 0.15) is 0 Å². The van der Waals surface area contributed by atoms with Crippen LogP contribution in [0.1, 0.15) is 17.2 Å². The Balaban J connectivity index is 2.61. The summed E-state index contributed by atoms with van der Waals surface area (Å²) in [6.07, 6.45) is 1.11. The highest BCUT2D eigenvalue weighted by molar-refractivity contribution is 7.91. The van der Waals surface area contributed by atoms with Crippen molar-refractivity contribution in [2.24, 2.45) is 11.5 Å². The summed E-state index contributed by atoms with van der Waals surface area (Å²) in [6, 6.07) is 16.8. The van der Waals surface area contributed by atoms with Crippen molar-refractivity contribution in [1.82, 2.24) is 0 Å². The molecule has 20 heavy (non-hydrogen) atoms. The lowest BCUT2D eigenvalue weighted by Crippen LogP contribution is -2.52.